The number of aliphatic imine (C=N–C) groups is 1. The van der Waals surface area contributed by atoms with E-state index in [1.54, 1.807) is 38.4 Å². The molecule has 0 atom stereocenters. The minimum atomic E-state index is -0.532. The summed E-state index contributed by atoms with van der Waals surface area (Å²) in [4.78, 5) is 40.8. The number of benzene rings is 1. The second kappa shape index (κ2) is 9.86. The van der Waals surface area contributed by atoms with E-state index < -0.39 is 4.92 Å². The molecule has 11 heteroatoms. The number of amides is 1. The van der Waals surface area contributed by atoms with Crippen LogP contribution in [0.1, 0.15) is 15.9 Å². The second-order valence-corrected chi connectivity index (χ2v) is 6.67. The van der Waals surface area contributed by atoms with Crippen LogP contribution in [0.15, 0.2) is 53.8 Å². The molecule has 3 rings (SSSR count). The van der Waals surface area contributed by atoms with E-state index in [0.29, 0.717) is 28.2 Å². The Morgan fingerprint density at radius 1 is 1.22 bits per heavy atom. The zero-order chi connectivity index (χ0) is 23.1. The molecule has 1 N–H and O–H groups in total. The summed E-state index contributed by atoms with van der Waals surface area (Å²) in [6, 6.07) is 11.6. The number of nitro groups is 1. The van der Waals surface area contributed by atoms with Crippen LogP contribution >= 0.6 is 0 Å². The molecule has 11 nitrogen and oxygen atoms in total. The Labute approximate surface area is 183 Å². The van der Waals surface area contributed by atoms with Gasteiger partial charge in [-0.3, -0.25) is 14.9 Å². The number of nitrogens with zero attached hydrogens (tertiary/aromatic N) is 7. The summed E-state index contributed by atoms with van der Waals surface area (Å²) in [6.07, 6.45) is 4.10. The number of anilines is 1. The molecule has 1 amide bonds. The number of carbonyl (C=O) groups is 1. The van der Waals surface area contributed by atoms with Gasteiger partial charge in [0, 0.05) is 38.1 Å². The standard InChI is InChI=1S/C21H18N8O3/c1-28(2)20(30)17-13-26-21(27-19(17)15-5-3-14(11-22)4-6-15)24-10-9-23-18-8-7-16(12-25-18)29(31)32/h3-9,12-13H,10H2,1-2H3,(H,24,26,27). The average Bonchev–Trinajstić information content (AvgIpc) is 2.81. The van der Waals surface area contributed by atoms with Crippen LogP contribution in [-0.4, -0.2) is 57.5 Å². The molecule has 160 valence electrons. The summed E-state index contributed by atoms with van der Waals surface area (Å²) >= 11 is 0. The lowest BCUT2D eigenvalue weighted by Crippen LogP contribution is -2.23. The van der Waals surface area contributed by atoms with Crippen molar-refractivity contribution in [3.8, 4) is 17.3 Å². The lowest BCUT2D eigenvalue weighted by molar-refractivity contribution is -0.385. The zero-order valence-electron chi connectivity index (χ0n) is 17.3. The lowest BCUT2D eigenvalue weighted by atomic mass is 10.0. The predicted molar refractivity (Wildman–Crippen MR) is 118 cm³/mol. The van der Waals surface area contributed by atoms with Crippen molar-refractivity contribution in [1.82, 2.24) is 19.9 Å². The third-order valence-electron chi connectivity index (χ3n) is 4.23. The Bertz CT molecular complexity index is 1200. The Hall–Kier alpha value is -4.72. The Balaban J connectivity index is 1.78. The van der Waals surface area contributed by atoms with E-state index in [0.717, 1.165) is 6.20 Å². The van der Waals surface area contributed by atoms with Crippen LogP contribution in [0.25, 0.3) is 11.3 Å². The SMILES string of the molecule is CN(C)C(=O)c1cnc(NCC=Nc2ccc([N+](=O)[O-])cn2)nc1-c1ccc(C#N)cc1. The number of pyridine rings is 1. The predicted octanol–water partition coefficient (Wildman–Crippen LogP) is 2.83. The van der Waals surface area contributed by atoms with Gasteiger partial charge in [-0.2, -0.15) is 5.26 Å². The highest BCUT2D eigenvalue weighted by atomic mass is 16.6. The van der Waals surface area contributed by atoms with E-state index in [2.05, 4.69) is 31.3 Å². The Kier molecular flexibility index (Phi) is 6.77. The first-order valence-corrected chi connectivity index (χ1v) is 9.35. The monoisotopic (exact) mass is 430 g/mol. The maximum Gasteiger partial charge on any atom is 0.287 e. The first-order chi connectivity index (χ1) is 15.4. The van der Waals surface area contributed by atoms with Crippen molar-refractivity contribution in [3.63, 3.8) is 0 Å². The fraction of sp³-hybridized carbons (Fsp3) is 0.143. The Morgan fingerprint density at radius 2 is 1.97 bits per heavy atom. The Morgan fingerprint density at radius 3 is 2.56 bits per heavy atom. The van der Waals surface area contributed by atoms with Crippen LogP contribution in [0.3, 0.4) is 0 Å². The number of aromatic nitrogens is 3. The molecule has 0 spiro atoms. The van der Waals surface area contributed by atoms with Gasteiger partial charge in [-0.25, -0.2) is 19.9 Å². The maximum absolute atomic E-state index is 12.6. The molecule has 0 aliphatic carbocycles. The second-order valence-electron chi connectivity index (χ2n) is 6.67. The van der Waals surface area contributed by atoms with Gasteiger partial charge in [-0.1, -0.05) is 12.1 Å². The van der Waals surface area contributed by atoms with Crippen LogP contribution < -0.4 is 5.32 Å². The molecule has 2 aromatic heterocycles. The van der Waals surface area contributed by atoms with E-state index in [1.807, 2.05) is 0 Å². The molecule has 2 heterocycles. The van der Waals surface area contributed by atoms with Crippen molar-refractivity contribution in [3.05, 3.63) is 70.0 Å². The molecule has 0 saturated carbocycles. The third-order valence-corrected chi connectivity index (χ3v) is 4.23. The van der Waals surface area contributed by atoms with Crippen LogP contribution in [0.4, 0.5) is 17.5 Å². The number of hydrogen-bond donors (Lipinski definition) is 1. The largest absolute Gasteiger partial charge is 0.349 e. The van der Waals surface area contributed by atoms with Gasteiger partial charge >= 0.3 is 0 Å². The quantitative estimate of drug-likeness (QED) is 0.341. The molecule has 0 aliphatic rings. The fourth-order valence-electron chi connectivity index (χ4n) is 2.63. The van der Waals surface area contributed by atoms with Gasteiger partial charge in [0.15, 0.2) is 5.82 Å². The third kappa shape index (κ3) is 5.25. The highest BCUT2D eigenvalue weighted by molar-refractivity contribution is 5.99. The van der Waals surface area contributed by atoms with Crippen molar-refractivity contribution in [1.29, 1.82) is 5.26 Å². The summed E-state index contributed by atoms with van der Waals surface area (Å²) in [7, 11) is 3.28. The van der Waals surface area contributed by atoms with Crippen molar-refractivity contribution in [2.24, 2.45) is 4.99 Å². The molecular formula is C21H18N8O3. The molecule has 0 unspecified atom stereocenters. The number of nitrogens with one attached hydrogen (secondary N) is 1. The van der Waals surface area contributed by atoms with Gasteiger partial charge in [0.25, 0.3) is 11.6 Å². The summed E-state index contributed by atoms with van der Waals surface area (Å²) in [5.41, 5.74) is 1.81. The van der Waals surface area contributed by atoms with Crippen molar-refractivity contribution >= 4 is 29.6 Å². The van der Waals surface area contributed by atoms with Crippen molar-refractivity contribution in [2.75, 3.05) is 26.0 Å². The van der Waals surface area contributed by atoms with E-state index in [1.165, 1.54) is 29.4 Å². The number of nitriles is 1. The minimum Gasteiger partial charge on any atom is -0.349 e. The molecule has 0 saturated heterocycles. The fourth-order valence-corrected chi connectivity index (χ4v) is 2.63. The van der Waals surface area contributed by atoms with E-state index in [9.17, 15) is 14.9 Å². The summed E-state index contributed by atoms with van der Waals surface area (Å²) in [5.74, 6) is 0.355. The molecule has 0 bridgehead atoms. The smallest absolute Gasteiger partial charge is 0.287 e. The molecule has 0 radical (unpaired) electrons. The molecule has 0 aliphatic heterocycles. The normalized spacial score (nSPS) is 10.5. The van der Waals surface area contributed by atoms with Gasteiger partial charge < -0.3 is 10.2 Å². The summed E-state index contributed by atoms with van der Waals surface area (Å²) in [5, 5.41) is 22.7. The summed E-state index contributed by atoms with van der Waals surface area (Å²) < 4.78 is 0. The lowest BCUT2D eigenvalue weighted by Gasteiger charge is -2.14. The number of hydrogen-bond acceptors (Lipinski definition) is 9. The van der Waals surface area contributed by atoms with E-state index in [4.69, 9.17) is 5.26 Å². The van der Waals surface area contributed by atoms with Gasteiger partial charge in [0.05, 0.1) is 34.4 Å². The van der Waals surface area contributed by atoms with Crippen LogP contribution in [0.2, 0.25) is 0 Å². The highest BCUT2D eigenvalue weighted by Crippen LogP contribution is 2.24. The summed E-state index contributed by atoms with van der Waals surface area (Å²) in [6.45, 7) is 0.256. The molecular weight excluding hydrogens is 412 g/mol. The highest BCUT2D eigenvalue weighted by Gasteiger charge is 2.18. The van der Waals surface area contributed by atoms with Gasteiger partial charge in [0.2, 0.25) is 5.95 Å². The molecule has 0 fully saturated rings. The van der Waals surface area contributed by atoms with E-state index >= 15 is 0 Å². The van der Waals surface area contributed by atoms with Crippen molar-refractivity contribution in [2.45, 2.75) is 0 Å². The number of carbonyl (C=O) groups excluding carboxylic acids is 1. The zero-order valence-corrected chi connectivity index (χ0v) is 17.3. The first-order valence-electron chi connectivity index (χ1n) is 9.35. The number of rotatable bonds is 7. The van der Waals surface area contributed by atoms with Crippen molar-refractivity contribution < 1.29 is 9.72 Å². The maximum atomic E-state index is 12.6. The van der Waals surface area contributed by atoms with Crippen LogP contribution in [0, 0.1) is 21.4 Å². The van der Waals surface area contributed by atoms with Gasteiger partial charge in [-0.05, 0) is 18.2 Å². The van der Waals surface area contributed by atoms with Gasteiger partial charge in [0.1, 0.15) is 6.20 Å². The van der Waals surface area contributed by atoms with E-state index in [-0.39, 0.29) is 24.1 Å². The topological polar surface area (TPSA) is 150 Å². The molecule has 3 aromatic rings. The minimum absolute atomic E-state index is 0.113. The van der Waals surface area contributed by atoms with Crippen LogP contribution in [0.5, 0.6) is 0 Å². The first kappa shape index (κ1) is 22.0. The van der Waals surface area contributed by atoms with Crippen LogP contribution in [-0.2, 0) is 0 Å². The molecule has 32 heavy (non-hydrogen) atoms. The average molecular weight is 430 g/mol. The molecule has 1 aromatic carbocycles. The van der Waals surface area contributed by atoms with Gasteiger partial charge in [-0.15, -0.1) is 0 Å².